The molecule has 1 aromatic carbocycles. The molecule has 0 aromatic heterocycles. The van der Waals surface area contributed by atoms with Crippen LogP contribution in [0.5, 0.6) is 0 Å². The number of hydrogen-bond donors (Lipinski definition) is 1. The lowest BCUT2D eigenvalue weighted by molar-refractivity contribution is 0.514. The van der Waals surface area contributed by atoms with Crippen molar-refractivity contribution in [2.24, 2.45) is 0 Å². The Hall–Kier alpha value is -0.470. The van der Waals surface area contributed by atoms with Gasteiger partial charge in [-0.1, -0.05) is 38.0 Å². The first-order valence-corrected chi connectivity index (χ1v) is 7.67. The zero-order valence-corrected chi connectivity index (χ0v) is 12.1. The fourth-order valence-corrected chi connectivity index (χ4v) is 2.78. The fraction of sp³-hybridized carbons (Fsp3) is 0.600. The number of rotatable bonds is 8. The van der Waals surface area contributed by atoms with Crippen LogP contribution >= 0.6 is 11.8 Å². The summed E-state index contributed by atoms with van der Waals surface area (Å²) >= 11 is 1.97. The predicted octanol–water partition coefficient (Wildman–Crippen LogP) is 4.26. The molecule has 1 rings (SSSR count). The molecule has 1 nitrogen and oxygen atoms in total. The molecule has 0 aliphatic rings. The maximum absolute atomic E-state index is 3.63. The molecule has 0 spiro atoms. The second-order valence-electron chi connectivity index (χ2n) is 4.56. The van der Waals surface area contributed by atoms with Gasteiger partial charge in [0.15, 0.2) is 0 Å². The monoisotopic (exact) mass is 251 g/mol. The Balaban J connectivity index is 2.37. The van der Waals surface area contributed by atoms with Gasteiger partial charge in [-0.3, -0.25) is 0 Å². The van der Waals surface area contributed by atoms with Gasteiger partial charge in [0.25, 0.3) is 0 Å². The molecule has 0 saturated heterocycles. The first kappa shape index (κ1) is 14.6. The van der Waals surface area contributed by atoms with Crippen molar-refractivity contribution >= 4 is 11.8 Å². The molecular formula is C15H25NS. The van der Waals surface area contributed by atoms with Crippen LogP contribution in [0.25, 0.3) is 0 Å². The van der Waals surface area contributed by atoms with E-state index in [0.29, 0.717) is 6.04 Å². The molecule has 1 N–H and O–H groups in total. The molecule has 1 unspecified atom stereocenters. The Morgan fingerprint density at radius 2 is 1.82 bits per heavy atom. The number of thioether (sulfide) groups is 1. The number of benzene rings is 1. The van der Waals surface area contributed by atoms with E-state index in [1.54, 1.807) is 0 Å². The molecule has 0 heterocycles. The molecule has 1 atom stereocenters. The van der Waals surface area contributed by atoms with E-state index in [4.69, 9.17) is 0 Å². The molecule has 0 radical (unpaired) electrons. The lowest BCUT2D eigenvalue weighted by Gasteiger charge is -2.17. The summed E-state index contributed by atoms with van der Waals surface area (Å²) in [4.78, 5) is 1.38. The molecule has 0 aliphatic carbocycles. The van der Waals surface area contributed by atoms with Gasteiger partial charge in [0.1, 0.15) is 0 Å². The van der Waals surface area contributed by atoms with E-state index in [1.165, 1.54) is 35.5 Å². The molecule has 17 heavy (non-hydrogen) atoms. The third kappa shape index (κ3) is 6.13. The van der Waals surface area contributed by atoms with E-state index >= 15 is 0 Å². The summed E-state index contributed by atoms with van der Waals surface area (Å²) in [5.41, 5.74) is 1.34. The zero-order valence-electron chi connectivity index (χ0n) is 11.3. The van der Waals surface area contributed by atoms with Crippen LogP contribution in [0.1, 0.15) is 38.7 Å². The highest BCUT2D eigenvalue weighted by atomic mass is 32.2. The van der Waals surface area contributed by atoms with Crippen molar-refractivity contribution in [3.63, 3.8) is 0 Å². The Labute approximate surface area is 110 Å². The standard InChI is InChI=1S/C15H25NS/c1-4-6-14(16-11-5-2)12-17-15-9-7-13(3)8-10-15/h7-10,14,16H,4-6,11-12H2,1-3H3. The maximum atomic E-state index is 3.63. The average Bonchev–Trinajstić information content (AvgIpc) is 2.35. The molecule has 0 aliphatic heterocycles. The summed E-state index contributed by atoms with van der Waals surface area (Å²) in [5, 5.41) is 3.63. The van der Waals surface area contributed by atoms with E-state index < -0.39 is 0 Å². The van der Waals surface area contributed by atoms with Gasteiger partial charge in [-0.25, -0.2) is 0 Å². The summed E-state index contributed by atoms with van der Waals surface area (Å²) in [6.45, 7) is 7.76. The van der Waals surface area contributed by atoms with Crippen molar-refractivity contribution in [2.75, 3.05) is 12.3 Å². The van der Waals surface area contributed by atoms with Gasteiger partial charge in [-0.15, -0.1) is 11.8 Å². The molecule has 0 amide bonds. The van der Waals surface area contributed by atoms with Crippen LogP contribution in [0.4, 0.5) is 0 Å². The van der Waals surface area contributed by atoms with Crippen LogP contribution in [0.3, 0.4) is 0 Å². The van der Waals surface area contributed by atoms with Crippen LogP contribution in [0.2, 0.25) is 0 Å². The molecule has 0 saturated carbocycles. The Morgan fingerprint density at radius 3 is 2.41 bits per heavy atom. The van der Waals surface area contributed by atoms with Gasteiger partial charge in [0.2, 0.25) is 0 Å². The Bertz CT molecular complexity index is 294. The van der Waals surface area contributed by atoms with E-state index in [2.05, 4.69) is 50.4 Å². The molecule has 2 heteroatoms. The van der Waals surface area contributed by atoms with Gasteiger partial charge in [0.05, 0.1) is 0 Å². The van der Waals surface area contributed by atoms with Gasteiger partial charge < -0.3 is 5.32 Å². The zero-order chi connectivity index (χ0) is 12.5. The molecule has 1 aromatic rings. The smallest absolute Gasteiger partial charge is 0.0161 e. The van der Waals surface area contributed by atoms with Gasteiger partial charge in [-0.05, 0) is 38.4 Å². The lowest BCUT2D eigenvalue weighted by atomic mass is 10.2. The Morgan fingerprint density at radius 1 is 1.12 bits per heavy atom. The summed E-state index contributed by atoms with van der Waals surface area (Å²) < 4.78 is 0. The highest BCUT2D eigenvalue weighted by Crippen LogP contribution is 2.20. The fourth-order valence-electron chi connectivity index (χ4n) is 1.77. The topological polar surface area (TPSA) is 12.0 Å². The second kappa shape index (κ2) is 8.60. The van der Waals surface area contributed by atoms with E-state index in [1.807, 2.05) is 11.8 Å². The molecular weight excluding hydrogens is 226 g/mol. The van der Waals surface area contributed by atoms with Crippen LogP contribution < -0.4 is 5.32 Å². The van der Waals surface area contributed by atoms with Crippen molar-refractivity contribution in [3.8, 4) is 0 Å². The van der Waals surface area contributed by atoms with Crippen LogP contribution in [0.15, 0.2) is 29.2 Å². The van der Waals surface area contributed by atoms with E-state index in [9.17, 15) is 0 Å². The summed E-state index contributed by atoms with van der Waals surface area (Å²) in [5.74, 6) is 1.18. The minimum Gasteiger partial charge on any atom is -0.313 e. The van der Waals surface area contributed by atoms with E-state index in [0.717, 1.165) is 6.54 Å². The minimum atomic E-state index is 0.659. The van der Waals surface area contributed by atoms with Gasteiger partial charge in [-0.2, -0.15) is 0 Å². The maximum Gasteiger partial charge on any atom is 0.0161 e. The average molecular weight is 251 g/mol. The van der Waals surface area contributed by atoms with Crippen molar-refractivity contribution < 1.29 is 0 Å². The van der Waals surface area contributed by atoms with Crippen LogP contribution in [0, 0.1) is 6.92 Å². The summed E-state index contributed by atoms with van der Waals surface area (Å²) in [6.07, 6.45) is 3.75. The third-order valence-corrected chi connectivity index (χ3v) is 3.97. The van der Waals surface area contributed by atoms with Crippen molar-refractivity contribution in [1.29, 1.82) is 0 Å². The summed E-state index contributed by atoms with van der Waals surface area (Å²) in [7, 11) is 0. The first-order valence-electron chi connectivity index (χ1n) is 6.69. The van der Waals surface area contributed by atoms with Crippen molar-refractivity contribution in [2.45, 2.75) is 51.0 Å². The van der Waals surface area contributed by atoms with Crippen molar-refractivity contribution in [1.82, 2.24) is 5.32 Å². The number of nitrogens with one attached hydrogen (secondary N) is 1. The molecule has 0 fully saturated rings. The molecule has 96 valence electrons. The number of aryl methyl sites for hydroxylation is 1. The summed E-state index contributed by atoms with van der Waals surface area (Å²) in [6, 6.07) is 9.49. The SMILES string of the molecule is CCCNC(CCC)CSc1ccc(C)cc1. The highest BCUT2D eigenvalue weighted by molar-refractivity contribution is 7.99. The van der Waals surface area contributed by atoms with Crippen molar-refractivity contribution in [3.05, 3.63) is 29.8 Å². The molecule has 0 bridgehead atoms. The highest BCUT2D eigenvalue weighted by Gasteiger charge is 2.06. The van der Waals surface area contributed by atoms with Crippen LogP contribution in [-0.2, 0) is 0 Å². The van der Waals surface area contributed by atoms with E-state index in [-0.39, 0.29) is 0 Å². The Kier molecular flexibility index (Phi) is 7.38. The minimum absolute atomic E-state index is 0.659. The van der Waals surface area contributed by atoms with Gasteiger partial charge in [0, 0.05) is 16.7 Å². The van der Waals surface area contributed by atoms with Gasteiger partial charge >= 0.3 is 0 Å². The number of hydrogen-bond acceptors (Lipinski definition) is 2. The second-order valence-corrected chi connectivity index (χ2v) is 5.66. The normalized spacial score (nSPS) is 12.6. The first-order chi connectivity index (χ1) is 8.26. The lowest BCUT2D eigenvalue weighted by Crippen LogP contribution is -2.31. The largest absolute Gasteiger partial charge is 0.313 e. The van der Waals surface area contributed by atoms with Crippen LogP contribution in [-0.4, -0.2) is 18.3 Å². The quantitative estimate of drug-likeness (QED) is 0.693. The predicted molar refractivity (Wildman–Crippen MR) is 78.9 cm³/mol. The third-order valence-electron chi connectivity index (χ3n) is 2.79.